The molecular weight excluding hydrogens is 997 g/mol. The van der Waals surface area contributed by atoms with Crippen molar-refractivity contribution in [3.8, 4) is 0 Å². The zero-order valence-electron chi connectivity index (χ0n) is 52.8. The van der Waals surface area contributed by atoms with Gasteiger partial charge in [0.2, 0.25) is 0 Å². The second-order valence-electron chi connectivity index (χ2n) is 22.0. The fourth-order valence-corrected chi connectivity index (χ4v) is 9.14. The monoisotopic (exact) mass is 1120 g/mol. The van der Waals surface area contributed by atoms with Crippen molar-refractivity contribution < 1.29 is 28.6 Å². The van der Waals surface area contributed by atoms with Gasteiger partial charge in [-0.2, -0.15) is 0 Å². The highest BCUT2D eigenvalue weighted by Crippen LogP contribution is 2.16. The van der Waals surface area contributed by atoms with E-state index >= 15 is 0 Å². The Kier molecular flexibility index (Phi) is 64.3. The maximum atomic E-state index is 12.9. The van der Waals surface area contributed by atoms with Crippen molar-refractivity contribution in [1.82, 2.24) is 0 Å². The summed E-state index contributed by atoms with van der Waals surface area (Å²) in [5.41, 5.74) is 0. The van der Waals surface area contributed by atoms with Gasteiger partial charge in [-0.25, -0.2) is 0 Å². The van der Waals surface area contributed by atoms with E-state index in [4.69, 9.17) is 14.2 Å². The van der Waals surface area contributed by atoms with Gasteiger partial charge in [0.25, 0.3) is 0 Å². The number of unbranched alkanes of at least 4 members (excludes halogenated alkanes) is 27. The predicted octanol–water partition coefficient (Wildman–Crippen LogP) is 23.3. The molecule has 0 radical (unpaired) electrons. The van der Waals surface area contributed by atoms with Crippen LogP contribution in [0, 0.1) is 0 Å². The minimum Gasteiger partial charge on any atom is -0.462 e. The van der Waals surface area contributed by atoms with Crippen LogP contribution >= 0.6 is 0 Å². The Bertz CT molecular complexity index is 1720. The average molecular weight is 1120 g/mol. The molecule has 6 nitrogen and oxygen atoms in total. The van der Waals surface area contributed by atoms with E-state index < -0.39 is 6.10 Å². The van der Waals surface area contributed by atoms with Gasteiger partial charge in [0, 0.05) is 19.3 Å². The number of hydrogen-bond donors (Lipinski definition) is 0. The molecule has 0 aromatic rings. The van der Waals surface area contributed by atoms with Crippen LogP contribution in [0.1, 0.15) is 303 Å². The number of rotatable bonds is 60. The molecule has 0 aromatic carbocycles. The fraction of sp³-hybridized carbons (Fsp3) is 0.667. The van der Waals surface area contributed by atoms with Crippen LogP contribution < -0.4 is 0 Å². The van der Waals surface area contributed by atoms with Crippen molar-refractivity contribution in [3.63, 3.8) is 0 Å². The number of carbonyl (C=O) groups is 3. The first-order valence-electron chi connectivity index (χ1n) is 33.7. The smallest absolute Gasteiger partial charge is 0.306 e. The fourth-order valence-electron chi connectivity index (χ4n) is 9.14. The molecule has 460 valence electrons. The highest BCUT2D eigenvalue weighted by Gasteiger charge is 2.19. The Balaban J connectivity index is 4.33. The first kappa shape index (κ1) is 76.5. The van der Waals surface area contributed by atoms with E-state index in [2.05, 4.69) is 154 Å². The summed E-state index contributed by atoms with van der Waals surface area (Å²) in [5, 5.41) is 0. The Morgan fingerprint density at radius 3 is 0.765 bits per heavy atom. The van der Waals surface area contributed by atoms with Crippen LogP contribution in [0.3, 0.4) is 0 Å². The minimum absolute atomic E-state index is 0.0987. The maximum absolute atomic E-state index is 12.9. The molecule has 1 atom stereocenters. The zero-order chi connectivity index (χ0) is 58.5. The Hall–Kier alpha value is -4.45. The molecule has 0 aliphatic carbocycles. The molecule has 0 heterocycles. The molecule has 0 fully saturated rings. The molecule has 81 heavy (non-hydrogen) atoms. The molecule has 6 heteroatoms. The van der Waals surface area contributed by atoms with E-state index in [0.29, 0.717) is 19.3 Å². The van der Waals surface area contributed by atoms with Crippen LogP contribution in [-0.4, -0.2) is 37.2 Å². The average Bonchev–Trinajstić information content (AvgIpc) is 3.46. The summed E-state index contributed by atoms with van der Waals surface area (Å²) in [7, 11) is 0. The number of hydrogen-bond acceptors (Lipinski definition) is 6. The van der Waals surface area contributed by atoms with Crippen LogP contribution in [0.5, 0.6) is 0 Å². The lowest BCUT2D eigenvalue weighted by Gasteiger charge is -2.18. The summed E-state index contributed by atoms with van der Waals surface area (Å²) in [6.07, 6.45) is 96.2. The molecule has 0 aliphatic rings. The summed E-state index contributed by atoms with van der Waals surface area (Å²) >= 11 is 0. The topological polar surface area (TPSA) is 78.9 Å². The third-order valence-electron chi connectivity index (χ3n) is 14.1. The second kappa shape index (κ2) is 68.1. The van der Waals surface area contributed by atoms with Crippen LogP contribution in [0.25, 0.3) is 0 Å². The van der Waals surface area contributed by atoms with Gasteiger partial charge in [0.05, 0.1) is 0 Å². The number of carbonyl (C=O) groups excluding carboxylic acids is 3. The molecule has 0 amide bonds. The predicted molar refractivity (Wildman–Crippen MR) is 353 cm³/mol. The van der Waals surface area contributed by atoms with Crippen molar-refractivity contribution in [2.24, 2.45) is 0 Å². The molecule has 0 aliphatic heterocycles. The van der Waals surface area contributed by atoms with E-state index in [0.717, 1.165) is 148 Å². The van der Waals surface area contributed by atoms with Gasteiger partial charge in [0.15, 0.2) is 6.10 Å². The van der Waals surface area contributed by atoms with Crippen molar-refractivity contribution >= 4 is 17.9 Å². The van der Waals surface area contributed by atoms with E-state index in [9.17, 15) is 14.4 Å². The summed E-state index contributed by atoms with van der Waals surface area (Å²) in [6, 6.07) is 0. The third-order valence-corrected chi connectivity index (χ3v) is 14.1. The first-order valence-corrected chi connectivity index (χ1v) is 33.7. The number of ether oxygens (including phenoxy) is 3. The standard InChI is InChI=1S/C75H124O6/c1-4-7-10-13-16-19-22-25-27-29-31-33-34-35-36-37-38-39-40-42-43-45-47-50-53-56-59-62-65-68-74(77)80-71-72(70-79-73(76)67-64-61-58-55-52-49-24-21-18-15-12-9-6-3)81-75(78)69-66-63-60-57-54-51-48-46-44-41-32-30-28-26-23-20-17-14-11-8-5-2/h8-9,11-12,17-18,20-22,25-26,28-29,31-32,34-35,41,46,48-49,52,72H,4-7,10,13-16,19,23-24,27,30,33,36-40,42-45,47,50-51,53-71H2,1-3H3/b11-8-,12-9-,20-17-,21-18-,25-22-,28-26-,31-29-,35-34-,41-32-,48-46-,52-49-. The molecule has 1 unspecified atom stereocenters. The molecular formula is C75H124O6. The quantitative estimate of drug-likeness (QED) is 0.0261. The van der Waals surface area contributed by atoms with E-state index in [1.165, 1.54) is 116 Å². The Morgan fingerprint density at radius 1 is 0.259 bits per heavy atom. The van der Waals surface area contributed by atoms with Crippen molar-refractivity contribution in [2.75, 3.05) is 13.2 Å². The lowest BCUT2D eigenvalue weighted by atomic mass is 10.0. The molecule has 0 saturated heterocycles. The second-order valence-corrected chi connectivity index (χ2v) is 22.0. The van der Waals surface area contributed by atoms with Gasteiger partial charge in [-0.05, 0) is 135 Å². The summed E-state index contributed by atoms with van der Waals surface area (Å²) in [5.74, 6) is -0.945. The largest absolute Gasteiger partial charge is 0.462 e. The molecule has 0 rings (SSSR count). The molecule has 0 bridgehead atoms. The SMILES string of the molecule is CC/C=C\C/C=C\C/C=C\C/C=C\C/C=C\CCCCCCCC(=O)OC(COC(=O)CCCCC/C=C\C/C=C\C/C=C\CC)COC(=O)CCCCCCCCCCCCCCCC/C=C\C/C=C\C/C=C\CCCCCCC. The molecule has 0 spiro atoms. The molecule has 0 saturated carbocycles. The highest BCUT2D eigenvalue weighted by atomic mass is 16.6. The Labute approximate surface area is 500 Å². The van der Waals surface area contributed by atoms with Crippen molar-refractivity contribution in [2.45, 2.75) is 309 Å². The number of esters is 3. The van der Waals surface area contributed by atoms with Gasteiger partial charge >= 0.3 is 17.9 Å². The lowest BCUT2D eigenvalue weighted by Crippen LogP contribution is -2.30. The van der Waals surface area contributed by atoms with E-state index in [1.54, 1.807) is 0 Å². The van der Waals surface area contributed by atoms with E-state index in [-0.39, 0.29) is 31.1 Å². The van der Waals surface area contributed by atoms with Gasteiger partial charge < -0.3 is 14.2 Å². The third kappa shape index (κ3) is 66.2. The number of allylic oxidation sites excluding steroid dienone is 22. The van der Waals surface area contributed by atoms with Crippen LogP contribution in [0.2, 0.25) is 0 Å². The lowest BCUT2D eigenvalue weighted by molar-refractivity contribution is -0.167. The Morgan fingerprint density at radius 2 is 0.481 bits per heavy atom. The van der Waals surface area contributed by atoms with Gasteiger partial charge in [-0.3, -0.25) is 14.4 Å². The first-order chi connectivity index (χ1) is 40.0. The zero-order valence-corrected chi connectivity index (χ0v) is 52.8. The normalized spacial score (nSPS) is 13.0. The minimum atomic E-state index is -0.807. The van der Waals surface area contributed by atoms with Gasteiger partial charge in [-0.1, -0.05) is 283 Å². The van der Waals surface area contributed by atoms with Crippen molar-refractivity contribution in [1.29, 1.82) is 0 Å². The summed E-state index contributed by atoms with van der Waals surface area (Å²) in [6.45, 7) is 6.37. The molecule has 0 N–H and O–H groups in total. The van der Waals surface area contributed by atoms with Gasteiger partial charge in [-0.15, -0.1) is 0 Å². The van der Waals surface area contributed by atoms with Crippen LogP contribution in [0.4, 0.5) is 0 Å². The highest BCUT2D eigenvalue weighted by molar-refractivity contribution is 5.71. The maximum Gasteiger partial charge on any atom is 0.306 e. The molecule has 0 aromatic heterocycles. The summed E-state index contributed by atoms with van der Waals surface area (Å²) in [4.78, 5) is 38.3. The van der Waals surface area contributed by atoms with Gasteiger partial charge in [0.1, 0.15) is 13.2 Å². The summed E-state index contributed by atoms with van der Waals surface area (Å²) < 4.78 is 16.9. The van der Waals surface area contributed by atoms with Crippen LogP contribution in [-0.2, 0) is 28.6 Å². The van der Waals surface area contributed by atoms with Crippen molar-refractivity contribution in [3.05, 3.63) is 134 Å². The van der Waals surface area contributed by atoms with Crippen LogP contribution in [0.15, 0.2) is 134 Å². The van der Waals surface area contributed by atoms with E-state index in [1.807, 2.05) is 0 Å².